The molecule has 3 aromatic rings. The normalized spacial score (nSPS) is 16.6. The number of rotatable bonds is 12. The molecule has 0 spiro atoms. The van der Waals surface area contributed by atoms with Crippen LogP contribution in [0.1, 0.15) is 55.8 Å². The molecule has 1 atom stereocenters. The molecule has 1 aliphatic rings. The number of unbranched alkanes of at least 4 members (excludes halogenated alkanes) is 2. The Balaban J connectivity index is 1.69. The van der Waals surface area contributed by atoms with Crippen LogP contribution in [-0.4, -0.2) is 41.5 Å². The third kappa shape index (κ3) is 6.25. The van der Waals surface area contributed by atoms with Gasteiger partial charge in [0.25, 0.3) is 11.7 Å². The fraction of sp³-hybridized carbons (Fsp3) is 0.312. The van der Waals surface area contributed by atoms with Crippen molar-refractivity contribution < 1.29 is 24.2 Å². The lowest BCUT2D eigenvalue weighted by Crippen LogP contribution is -2.31. The van der Waals surface area contributed by atoms with E-state index in [1.807, 2.05) is 61.5 Å². The number of ketones is 1. The van der Waals surface area contributed by atoms with Crippen molar-refractivity contribution in [3.8, 4) is 11.5 Å². The van der Waals surface area contributed by atoms with E-state index >= 15 is 0 Å². The van der Waals surface area contributed by atoms with Crippen LogP contribution in [0, 0.1) is 0 Å². The van der Waals surface area contributed by atoms with Crippen LogP contribution in [0.15, 0.2) is 84.4 Å². The molecule has 0 radical (unpaired) electrons. The van der Waals surface area contributed by atoms with Gasteiger partial charge in [-0.1, -0.05) is 74.4 Å². The quantitative estimate of drug-likeness (QED) is 0.133. The number of benzene rings is 3. The fourth-order valence-electron chi connectivity index (χ4n) is 4.70. The lowest BCUT2D eigenvalue weighted by Gasteiger charge is -2.25. The summed E-state index contributed by atoms with van der Waals surface area (Å²) >= 11 is 0. The second-order valence-corrected chi connectivity index (χ2v) is 9.31. The minimum Gasteiger partial charge on any atom is -0.507 e. The third-order valence-corrected chi connectivity index (χ3v) is 6.66. The van der Waals surface area contributed by atoms with Gasteiger partial charge in [0.2, 0.25) is 0 Å². The number of amides is 1. The standard InChI is InChI=1S/C32H35NO5/c1-3-5-9-21-38-26-17-15-24(16-18-26)29-28(30(34)25-13-10-14-27(22-25)37-4-2)31(35)32(36)33(29)20-19-23-11-7-6-8-12-23/h6-8,10-18,22,29,34H,3-5,9,19-21H2,1-2H3. The van der Waals surface area contributed by atoms with Gasteiger partial charge < -0.3 is 19.5 Å². The van der Waals surface area contributed by atoms with Crippen LogP contribution in [-0.2, 0) is 16.0 Å². The van der Waals surface area contributed by atoms with Crippen molar-refractivity contribution in [2.45, 2.75) is 45.6 Å². The zero-order valence-corrected chi connectivity index (χ0v) is 22.1. The Bertz CT molecular complexity index is 1270. The van der Waals surface area contributed by atoms with Crippen molar-refractivity contribution in [1.82, 2.24) is 4.90 Å². The molecule has 1 unspecified atom stereocenters. The summed E-state index contributed by atoms with van der Waals surface area (Å²) in [5, 5.41) is 11.4. The van der Waals surface area contributed by atoms with E-state index in [1.165, 1.54) is 0 Å². The number of hydrogen-bond donors (Lipinski definition) is 1. The summed E-state index contributed by atoms with van der Waals surface area (Å²) < 4.78 is 11.4. The van der Waals surface area contributed by atoms with E-state index < -0.39 is 17.7 Å². The highest BCUT2D eigenvalue weighted by Crippen LogP contribution is 2.40. The number of likely N-dealkylation sites (tertiary alicyclic amines) is 1. The number of ether oxygens (including phenoxy) is 2. The fourth-order valence-corrected chi connectivity index (χ4v) is 4.70. The molecule has 0 bridgehead atoms. The highest BCUT2D eigenvalue weighted by atomic mass is 16.5. The zero-order chi connectivity index (χ0) is 26.9. The topological polar surface area (TPSA) is 76.1 Å². The predicted molar refractivity (Wildman–Crippen MR) is 148 cm³/mol. The minimum atomic E-state index is -0.719. The summed E-state index contributed by atoms with van der Waals surface area (Å²) in [6, 6.07) is 23.5. The molecule has 1 N–H and O–H groups in total. The maximum Gasteiger partial charge on any atom is 0.295 e. The van der Waals surface area contributed by atoms with Crippen LogP contribution in [0.5, 0.6) is 11.5 Å². The SMILES string of the molecule is CCCCCOc1ccc(C2C(=C(O)c3cccc(OCC)c3)C(=O)C(=O)N2CCc2ccccc2)cc1. The van der Waals surface area contributed by atoms with Gasteiger partial charge in [0.1, 0.15) is 17.3 Å². The first kappa shape index (κ1) is 27.0. The van der Waals surface area contributed by atoms with Gasteiger partial charge in [-0.3, -0.25) is 9.59 Å². The smallest absolute Gasteiger partial charge is 0.295 e. The van der Waals surface area contributed by atoms with Crippen LogP contribution >= 0.6 is 0 Å². The number of nitrogens with zero attached hydrogens (tertiary/aromatic N) is 1. The molecular formula is C32H35NO5. The summed E-state index contributed by atoms with van der Waals surface area (Å²) in [5.41, 5.74) is 2.31. The molecule has 1 saturated heterocycles. The van der Waals surface area contributed by atoms with Crippen molar-refractivity contribution >= 4 is 17.4 Å². The molecule has 198 valence electrons. The molecular weight excluding hydrogens is 478 g/mol. The number of aliphatic hydroxyl groups excluding tert-OH is 1. The molecule has 1 amide bonds. The zero-order valence-electron chi connectivity index (χ0n) is 22.1. The van der Waals surface area contributed by atoms with E-state index in [2.05, 4.69) is 6.92 Å². The minimum absolute atomic E-state index is 0.0772. The number of hydrogen-bond acceptors (Lipinski definition) is 5. The van der Waals surface area contributed by atoms with Gasteiger partial charge >= 0.3 is 0 Å². The monoisotopic (exact) mass is 513 g/mol. The van der Waals surface area contributed by atoms with Crippen LogP contribution < -0.4 is 9.47 Å². The number of carbonyl (C=O) groups is 2. The van der Waals surface area contributed by atoms with Crippen molar-refractivity contribution in [3.63, 3.8) is 0 Å². The average molecular weight is 514 g/mol. The maximum atomic E-state index is 13.3. The Morgan fingerprint density at radius 1 is 0.868 bits per heavy atom. The maximum absolute atomic E-state index is 13.3. The molecule has 1 heterocycles. The van der Waals surface area contributed by atoms with Crippen molar-refractivity contribution in [3.05, 3.63) is 101 Å². The summed E-state index contributed by atoms with van der Waals surface area (Å²) in [6.07, 6.45) is 3.80. The summed E-state index contributed by atoms with van der Waals surface area (Å²) in [7, 11) is 0. The van der Waals surface area contributed by atoms with Gasteiger partial charge in [-0.05, 0) is 55.2 Å². The Kier molecular flexibility index (Phi) is 9.20. The number of aliphatic hydroxyl groups is 1. The molecule has 1 aliphatic heterocycles. The Morgan fingerprint density at radius 2 is 1.63 bits per heavy atom. The molecule has 3 aromatic carbocycles. The first-order valence-electron chi connectivity index (χ1n) is 13.3. The molecule has 6 heteroatoms. The molecule has 6 nitrogen and oxygen atoms in total. The second kappa shape index (κ2) is 13.0. The second-order valence-electron chi connectivity index (χ2n) is 9.31. The van der Waals surface area contributed by atoms with Gasteiger partial charge in [-0.2, -0.15) is 0 Å². The van der Waals surface area contributed by atoms with E-state index in [1.54, 1.807) is 29.2 Å². The Hall–Kier alpha value is -4.06. The van der Waals surface area contributed by atoms with Crippen LogP contribution in [0.2, 0.25) is 0 Å². The summed E-state index contributed by atoms with van der Waals surface area (Å²) in [6.45, 7) is 5.47. The number of carbonyl (C=O) groups excluding carboxylic acids is 2. The molecule has 0 aromatic heterocycles. The van der Waals surface area contributed by atoms with E-state index in [4.69, 9.17) is 9.47 Å². The molecule has 0 aliphatic carbocycles. The van der Waals surface area contributed by atoms with E-state index in [0.717, 1.165) is 36.1 Å². The van der Waals surface area contributed by atoms with E-state index in [0.29, 0.717) is 37.5 Å². The van der Waals surface area contributed by atoms with Crippen molar-refractivity contribution in [1.29, 1.82) is 0 Å². The third-order valence-electron chi connectivity index (χ3n) is 6.66. The molecule has 1 fully saturated rings. The largest absolute Gasteiger partial charge is 0.507 e. The van der Waals surface area contributed by atoms with E-state index in [-0.39, 0.29) is 11.3 Å². The van der Waals surface area contributed by atoms with Crippen LogP contribution in [0.4, 0.5) is 0 Å². The van der Waals surface area contributed by atoms with Gasteiger partial charge in [0, 0.05) is 12.1 Å². The average Bonchev–Trinajstić information content (AvgIpc) is 3.20. The Morgan fingerprint density at radius 3 is 2.34 bits per heavy atom. The number of Topliss-reactive ketones (excluding diaryl/α,β-unsaturated/α-hetero) is 1. The van der Waals surface area contributed by atoms with Crippen molar-refractivity contribution in [2.75, 3.05) is 19.8 Å². The lowest BCUT2D eigenvalue weighted by molar-refractivity contribution is -0.139. The van der Waals surface area contributed by atoms with Gasteiger partial charge in [-0.15, -0.1) is 0 Å². The lowest BCUT2D eigenvalue weighted by atomic mass is 9.95. The summed E-state index contributed by atoms with van der Waals surface area (Å²) in [4.78, 5) is 28.2. The van der Waals surface area contributed by atoms with Crippen molar-refractivity contribution in [2.24, 2.45) is 0 Å². The van der Waals surface area contributed by atoms with E-state index in [9.17, 15) is 14.7 Å². The first-order chi connectivity index (χ1) is 18.5. The highest BCUT2D eigenvalue weighted by Gasteiger charge is 2.45. The molecule has 4 rings (SSSR count). The molecule has 38 heavy (non-hydrogen) atoms. The Labute approximate surface area is 224 Å². The van der Waals surface area contributed by atoms with Crippen LogP contribution in [0.3, 0.4) is 0 Å². The van der Waals surface area contributed by atoms with Crippen LogP contribution in [0.25, 0.3) is 5.76 Å². The highest BCUT2D eigenvalue weighted by molar-refractivity contribution is 6.46. The van der Waals surface area contributed by atoms with Gasteiger partial charge in [0.15, 0.2) is 0 Å². The van der Waals surface area contributed by atoms with Gasteiger partial charge in [-0.25, -0.2) is 0 Å². The molecule has 0 saturated carbocycles. The first-order valence-corrected chi connectivity index (χ1v) is 13.3. The summed E-state index contributed by atoms with van der Waals surface area (Å²) in [5.74, 6) is -0.209. The van der Waals surface area contributed by atoms with Gasteiger partial charge in [0.05, 0.1) is 24.8 Å². The predicted octanol–water partition coefficient (Wildman–Crippen LogP) is 6.32.